The molecular weight excluding hydrogens is 232 g/mol. The molecule has 1 aromatic rings. The minimum absolute atomic E-state index is 0.0356. The van der Waals surface area contributed by atoms with Gasteiger partial charge in [0.2, 0.25) is 0 Å². The predicted octanol–water partition coefficient (Wildman–Crippen LogP) is 1.30. The molecule has 5 nitrogen and oxygen atoms in total. The van der Waals surface area contributed by atoms with Gasteiger partial charge in [-0.1, -0.05) is 6.92 Å². The summed E-state index contributed by atoms with van der Waals surface area (Å²) in [5.41, 5.74) is 0.624. The Morgan fingerprint density at radius 2 is 2.00 bits per heavy atom. The summed E-state index contributed by atoms with van der Waals surface area (Å²) in [7, 11) is 0. The number of Topliss-reactive ketones (excluding diaryl/α,β-unsaturated/α-hetero) is 1. The molecule has 0 radical (unpaired) electrons. The van der Waals surface area contributed by atoms with E-state index in [-0.39, 0.29) is 24.8 Å². The number of ketones is 1. The number of nitrogens with zero attached hydrogens (tertiary/aromatic N) is 1. The maximum absolute atomic E-state index is 11.4. The van der Waals surface area contributed by atoms with Gasteiger partial charge in [-0.15, -0.1) is 0 Å². The first-order valence-corrected chi connectivity index (χ1v) is 5.57. The Kier molecular flexibility index (Phi) is 5.39. The number of nitriles is 1. The van der Waals surface area contributed by atoms with E-state index in [0.29, 0.717) is 17.7 Å². The van der Waals surface area contributed by atoms with Crippen molar-refractivity contribution in [2.75, 3.05) is 13.2 Å². The number of ether oxygens (including phenoxy) is 1. The molecule has 5 heteroatoms. The number of carbonyl (C=O) groups excluding carboxylic acids is 2. The van der Waals surface area contributed by atoms with Crippen LogP contribution in [0.5, 0.6) is 5.75 Å². The Bertz CT molecular complexity index is 460. The fourth-order valence-corrected chi connectivity index (χ4v) is 1.28. The van der Waals surface area contributed by atoms with Gasteiger partial charge in [-0.2, -0.15) is 5.26 Å². The van der Waals surface area contributed by atoms with Crippen molar-refractivity contribution in [1.29, 1.82) is 5.26 Å². The summed E-state index contributed by atoms with van der Waals surface area (Å²) in [4.78, 5) is 22.5. The molecule has 0 saturated carbocycles. The summed E-state index contributed by atoms with van der Waals surface area (Å²) in [5, 5.41) is 10.6. The minimum Gasteiger partial charge on any atom is -0.484 e. The molecule has 0 aliphatic heterocycles. The van der Waals surface area contributed by atoms with Gasteiger partial charge in [-0.25, -0.2) is 0 Å². The molecule has 0 aliphatic carbocycles. The zero-order valence-corrected chi connectivity index (χ0v) is 10.1. The van der Waals surface area contributed by atoms with E-state index in [4.69, 9.17) is 10.00 Å². The highest BCUT2D eigenvalue weighted by atomic mass is 16.5. The summed E-state index contributed by atoms with van der Waals surface area (Å²) in [6.45, 7) is 1.61. The Labute approximate surface area is 105 Å². The number of hydrogen-bond donors (Lipinski definition) is 1. The number of amides is 1. The fourth-order valence-electron chi connectivity index (χ4n) is 1.28. The molecule has 0 aliphatic rings. The van der Waals surface area contributed by atoms with Crippen molar-refractivity contribution < 1.29 is 14.3 Å². The van der Waals surface area contributed by atoms with Crippen LogP contribution in [0, 0.1) is 11.3 Å². The standard InChI is InChI=1S/C13H14N2O3/c1-2-12(16)10-3-5-11(6-4-10)18-9-13(17)15-8-7-14/h3-6H,2,8-9H2,1H3,(H,15,17). The number of nitrogens with one attached hydrogen (secondary N) is 1. The SMILES string of the molecule is CCC(=O)c1ccc(OCC(=O)NCC#N)cc1. The summed E-state index contributed by atoms with van der Waals surface area (Å²) in [5.74, 6) is 0.216. The van der Waals surface area contributed by atoms with Gasteiger partial charge < -0.3 is 10.1 Å². The van der Waals surface area contributed by atoms with Gasteiger partial charge in [0.1, 0.15) is 12.3 Å². The van der Waals surface area contributed by atoms with Gasteiger partial charge >= 0.3 is 0 Å². The molecule has 1 amide bonds. The van der Waals surface area contributed by atoms with Crippen molar-refractivity contribution in [3.63, 3.8) is 0 Å². The Morgan fingerprint density at radius 3 is 2.56 bits per heavy atom. The lowest BCUT2D eigenvalue weighted by atomic mass is 10.1. The summed E-state index contributed by atoms with van der Waals surface area (Å²) in [6.07, 6.45) is 0.455. The van der Waals surface area contributed by atoms with E-state index in [1.54, 1.807) is 37.3 Å². The maximum atomic E-state index is 11.4. The van der Waals surface area contributed by atoms with E-state index in [9.17, 15) is 9.59 Å². The zero-order valence-electron chi connectivity index (χ0n) is 10.1. The fraction of sp³-hybridized carbons (Fsp3) is 0.308. The quantitative estimate of drug-likeness (QED) is 0.606. The molecule has 0 fully saturated rings. The second-order valence-electron chi connectivity index (χ2n) is 3.52. The van der Waals surface area contributed by atoms with Crippen molar-refractivity contribution >= 4 is 11.7 Å². The van der Waals surface area contributed by atoms with E-state index in [1.807, 2.05) is 0 Å². The van der Waals surface area contributed by atoms with Crippen LogP contribution in [0.3, 0.4) is 0 Å². The molecule has 94 valence electrons. The molecule has 0 unspecified atom stereocenters. The molecule has 0 aromatic heterocycles. The van der Waals surface area contributed by atoms with Crippen LogP contribution in [0.25, 0.3) is 0 Å². The minimum atomic E-state index is -0.356. The van der Waals surface area contributed by atoms with Crippen molar-refractivity contribution in [2.45, 2.75) is 13.3 Å². The van der Waals surface area contributed by atoms with Crippen LogP contribution in [-0.2, 0) is 4.79 Å². The lowest BCUT2D eigenvalue weighted by Gasteiger charge is -2.06. The van der Waals surface area contributed by atoms with Crippen LogP contribution in [0.2, 0.25) is 0 Å². The average molecular weight is 246 g/mol. The highest BCUT2D eigenvalue weighted by molar-refractivity contribution is 5.95. The molecule has 1 rings (SSSR count). The summed E-state index contributed by atoms with van der Waals surface area (Å²) < 4.78 is 5.20. The third-order valence-corrected chi connectivity index (χ3v) is 2.23. The number of benzene rings is 1. The first-order chi connectivity index (χ1) is 8.67. The molecule has 0 bridgehead atoms. The van der Waals surface area contributed by atoms with Gasteiger partial charge in [0, 0.05) is 12.0 Å². The Morgan fingerprint density at radius 1 is 1.33 bits per heavy atom. The first-order valence-electron chi connectivity index (χ1n) is 5.57. The van der Waals surface area contributed by atoms with Gasteiger partial charge in [-0.05, 0) is 24.3 Å². The third-order valence-electron chi connectivity index (χ3n) is 2.23. The van der Waals surface area contributed by atoms with E-state index >= 15 is 0 Å². The van der Waals surface area contributed by atoms with E-state index < -0.39 is 0 Å². The van der Waals surface area contributed by atoms with Gasteiger partial charge in [-0.3, -0.25) is 9.59 Å². The summed E-state index contributed by atoms with van der Waals surface area (Å²) in [6, 6.07) is 8.40. The summed E-state index contributed by atoms with van der Waals surface area (Å²) >= 11 is 0. The van der Waals surface area contributed by atoms with E-state index in [2.05, 4.69) is 5.32 Å². The Balaban J connectivity index is 2.47. The second-order valence-corrected chi connectivity index (χ2v) is 3.52. The molecule has 0 heterocycles. The largest absolute Gasteiger partial charge is 0.484 e. The number of hydrogen-bond acceptors (Lipinski definition) is 4. The predicted molar refractivity (Wildman–Crippen MR) is 65.2 cm³/mol. The van der Waals surface area contributed by atoms with Crippen LogP contribution in [-0.4, -0.2) is 24.8 Å². The lowest BCUT2D eigenvalue weighted by Crippen LogP contribution is -2.29. The molecule has 0 saturated heterocycles. The van der Waals surface area contributed by atoms with Crippen LogP contribution in [0.1, 0.15) is 23.7 Å². The van der Waals surface area contributed by atoms with Crippen molar-refractivity contribution in [1.82, 2.24) is 5.32 Å². The van der Waals surface area contributed by atoms with Crippen LogP contribution < -0.4 is 10.1 Å². The highest BCUT2D eigenvalue weighted by Gasteiger charge is 2.04. The number of rotatable bonds is 6. The molecule has 0 spiro atoms. The average Bonchev–Trinajstić information content (AvgIpc) is 2.42. The third kappa shape index (κ3) is 4.26. The van der Waals surface area contributed by atoms with Gasteiger partial charge in [0.15, 0.2) is 12.4 Å². The van der Waals surface area contributed by atoms with Crippen LogP contribution >= 0.6 is 0 Å². The normalized spacial score (nSPS) is 9.33. The molecule has 0 atom stereocenters. The molecular formula is C13H14N2O3. The van der Waals surface area contributed by atoms with Gasteiger partial charge in [0.05, 0.1) is 6.07 Å². The maximum Gasteiger partial charge on any atom is 0.258 e. The lowest BCUT2D eigenvalue weighted by molar-refractivity contribution is -0.122. The van der Waals surface area contributed by atoms with E-state index in [1.165, 1.54) is 0 Å². The molecule has 18 heavy (non-hydrogen) atoms. The first kappa shape index (κ1) is 13.7. The smallest absolute Gasteiger partial charge is 0.258 e. The zero-order chi connectivity index (χ0) is 13.4. The van der Waals surface area contributed by atoms with Crippen molar-refractivity contribution in [2.24, 2.45) is 0 Å². The molecule has 1 N–H and O–H groups in total. The monoisotopic (exact) mass is 246 g/mol. The van der Waals surface area contributed by atoms with Crippen LogP contribution in [0.15, 0.2) is 24.3 Å². The van der Waals surface area contributed by atoms with Crippen molar-refractivity contribution in [3.8, 4) is 11.8 Å². The number of carbonyl (C=O) groups is 2. The highest BCUT2D eigenvalue weighted by Crippen LogP contribution is 2.13. The van der Waals surface area contributed by atoms with E-state index in [0.717, 1.165) is 0 Å². The molecule has 1 aromatic carbocycles. The Hall–Kier alpha value is -2.35. The second kappa shape index (κ2) is 7.07. The van der Waals surface area contributed by atoms with Gasteiger partial charge in [0.25, 0.3) is 5.91 Å². The van der Waals surface area contributed by atoms with Crippen molar-refractivity contribution in [3.05, 3.63) is 29.8 Å². The van der Waals surface area contributed by atoms with Crippen LogP contribution in [0.4, 0.5) is 0 Å². The topological polar surface area (TPSA) is 79.2 Å².